The smallest absolute Gasteiger partial charge is 0.183 e. The fraction of sp³-hybridized carbons (Fsp3) is 0.167. The molecule has 1 N–H and O–H groups in total. The van der Waals surface area contributed by atoms with Gasteiger partial charge < -0.3 is 0 Å². The molecule has 2 aromatic rings. The minimum atomic E-state index is -0.498. The summed E-state index contributed by atoms with van der Waals surface area (Å²) in [5.74, 6) is -0.498. The average Bonchev–Trinajstić information content (AvgIpc) is 2.87. The largest absolute Gasteiger partial charge is 0.271 e. The summed E-state index contributed by atoms with van der Waals surface area (Å²) < 4.78 is 15.5. The molecule has 102 valence electrons. The summed E-state index contributed by atoms with van der Waals surface area (Å²) >= 11 is 1.22. The molecule has 0 aliphatic rings. The van der Waals surface area contributed by atoms with Crippen LogP contribution in [-0.2, 0) is 0 Å². The van der Waals surface area contributed by atoms with Crippen LogP contribution in [0.4, 0.5) is 10.1 Å². The van der Waals surface area contributed by atoms with Gasteiger partial charge in [0.25, 0.3) is 0 Å². The Hall–Kier alpha value is -2.40. The minimum Gasteiger partial charge on any atom is -0.271 e. The van der Waals surface area contributed by atoms with Crippen molar-refractivity contribution in [2.75, 3.05) is 6.26 Å². The maximum Gasteiger partial charge on any atom is 0.183 e. The number of nitrogens with one attached hydrogen (secondary N) is 1. The molecule has 6 nitrogen and oxygen atoms in total. The highest BCUT2D eigenvalue weighted by atomic mass is 32.2. The number of thioether (sulfide) groups is 1. The summed E-state index contributed by atoms with van der Waals surface area (Å²) in [5, 5.41) is 19.0. The number of nitriles is 1. The van der Waals surface area contributed by atoms with Gasteiger partial charge in [-0.1, -0.05) is 17.0 Å². The zero-order chi connectivity index (χ0) is 14.5. The van der Waals surface area contributed by atoms with Crippen LogP contribution in [0.3, 0.4) is 0 Å². The molecule has 0 aliphatic heterocycles. The fourth-order valence-corrected chi connectivity index (χ4v) is 1.82. The summed E-state index contributed by atoms with van der Waals surface area (Å²) in [6.45, 7) is 1.80. The molecule has 0 radical (unpaired) electrons. The summed E-state index contributed by atoms with van der Waals surface area (Å²) in [6, 6.07) is 4.52. The molecule has 1 aromatic carbocycles. The van der Waals surface area contributed by atoms with Crippen LogP contribution >= 0.6 is 11.8 Å². The van der Waals surface area contributed by atoms with Crippen molar-refractivity contribution in [3.8, 4) is 11.9 Å². The molecule has 20 heavy (non-hydrogen) atoms. The second-order valence-corrected chi connectivity index (χ2v) is 4.59. The van der Waals surface area contributed by atoms with Crippen molar-refractivity contribution in [1.29, 1.82) is 5.26 Å². The highest BCUT2D eigenvalue weighted by Crippen LogP contribution is 2.21. The molecular weight excluding hydrogens is 279 g/mol. The zero-order valence-electron chi connectivity index (χ0n) is 10.8. The van der Waals surface area contributed by atoms with Crippen LogP contribution in [0.5, 0.6) is 0 Å². The monoisotopic (exact) mass is 290 g/mol. The van der Waals surface area contributed by atoms with Gasteiger partial charge in [-0.15, -0.1) is 5.10 Å². The van der Waals surface area contributed by atoms with Crippen molar-refractivity contribution in [3.63, 3.8) is 0 Å². The van der Waals surface area contributed by atoms with E-state index in [9.17, 15) is 4.39 Å². The van der Waals surface area contributed by atoms with Crippen LogP contribution in [-0.4, -0.2) is 26.4 Å². The normalized spacial score (nSPS) is 11.2. The number of aliphatic imine (C=N–C) groups is 1. The molecule has 0 unspecified atom stereocenters. The van der Waals surface area contributed by atoms with Gasteiger partial charge in [-0.2, -0.15) is 5.26 Å². The van der Waals surface area contributed by atoms with Gasteiger partial charge in [-0.05, 0) is 25.3 Å². The van der Waals surface area contributed by atoms with E-state index in [2.05, 4.69) is 20.6 Å². The summed E-state index contributed by atoms with van der Waals surface area (Å²) in [5.41, 5.74) is 1.45. The Balaban J connectivity index is 2.33. The van der Waals surface area contributed by atoms with E-state index in [1.807, 2.05) is 0 Å². The van der Waals surface area contributed by atoms with Gasteiger partial charge in [0.05, 0.1) is 17.6 Å². The third-order valence-corrected chi connectivity index (χ3v) is 2.96. The van der Waals surface area contributed by atoms with E-state index in [0.717, 1.165) is 5.69 Å². The Bertz CT molecular complexity index is 687. The summed E-state index contributed by atoms with van der Waals surface area (Å²) in [7, 11) is 0. The van der Waals surface area contributed by atoms with Gasteiger partial charge in [0.15, 0.2) is 17.2 Å². The number of hydrogen-bond acceptors (Lipinski definition) is 5. The van der Waals surface area contributed by atoms with Crippen molar-refractivity contribution >= 4 is 22.6 Å². The van der Waals surface area contributed by atoms with Crippen molar-refractivity contribution in [2.45, 2.75) is 6.92 Å². The third kappa shape index (κ3) is 3.13. The Morgan fingerprint density at radius 1 is 1.55 bits per heavy atom. The van der Waals surface area contributed by atoms with Crippen LogP contribution < -0.4 is 5.32 Å². The number of aromatic nitrogens is 3. The third-order valence-electron chi connectivity index (χ3n) is 2.38. The van der Waals surface area contributed by atoms with Gasteiger partial charge in [-0.25, -0.2) is 14.1 Å². The van der Waals surface area contributed by atoms with E-state index in [1.54, 1.807) is 31.6 Å². The van der Waals surface area contributed by atoms with Crippen molar-refractivity contribution in [1.82, 2.24) is 20.3 Å². The van der Waals surface area contributed by atoms with Crippen LogP contribution in [0.2, 0.25) is 0 Å². The molecule has 2 rings (SSSR count). The first kappa shape index (κ1) is 14.0. The van der Waals surface area contributed by atoms with Crippen molar-refractivity contribution in [2.24, 2.45) is 4.99 Å². The number of hydrogen-bond donors (Lipinski definition) is 1. The lowest BCUT2D eigenvalue weighted by Gasteiger charge is -2.04. The van der Waals surface area contributed by atoms with Crippen LogP contribution in [0, 0.1) is 24.2 Å². The molecule has 0 spiro atoms. The molecule has 1 aromatic heterocycles. The first-order chi connectivity index (χ1) is 9.63. The van der Waals surface area contributed by atoms with Gasteiger partial charge in [0.1, 0.15) is 5.69 Å². The molecule has 8 heteroatoms. The Morgan fingerprint density at radius 2 is 2.35 bits per heavy atom. The highest BCUT2D eigenvalue weighted by Gasteiger charge is 2.07. The van der Waals surface area contributed by atoms with Gasteiger partial charge >= 0.3 is 0 Å². The Morgan fingerprint density at radius 3 is 2.90 bits per heavy atom. The standard InChI is InChI=1S/C12H11FN6S/c1-8-6-19(18-17-8)9-3-4-11(10(13)5-9)16-12(20-2)15-7-14/h3-6H,1-2H3,(H,15,16). The molecule has 0 saturated carbocycles. The van der Waals surface area contributed by atoms with E-state index in [4.69, 9.17) is 5.26 Å². The SMILES string of the molecule is CSC(=Nc1ccc(-n2cc(C)nn2)cc1F)NC#N. The van der Waals surface area contributed by atoms with Crippen LogP contribution in [0.1, 0.15) is 5.69 Å². The highest BCUT2D eigenvalue weighted by molar-refractivity contribution is 8.13. The van der Waals surface area contributed by atoms with Gasteiger partial charge in [0, 0.05) is 6.07 Å². The lowest BCUT2D eigenvalue weighted by atomic mass is 10.2. The van der Waals surface area contributed by atoms with E-state index < -0.39 is 5.82 Å². The van der Waals surface area contributed by atoms with Gasteiger partial charge in [-0.3, -0.25) is 5.32 Å². The second-order valence-electron chi connectivity index (χ2n) is 3.80. The first-order valence-electron chi connectivity index (χ1n) is 5.60. The predicted molar refractivity (Wildman–Crippen MR) is 75.4 cm³/mol. The van der Waals surface area contributed by atoms with Crippen molar-refractivity contribution < 1.29 is 4.39 Å². The molecule has 0 bridgehead atoms. The zero-order valence-corrected chi connectivity index (χ0v) is 11.6. The fourth-order valence-electron chi connectivity index (χ4n) is 1.48. The number of amidine groups is 1. The molecule has 0 fully saturated rings. The molecule has 0 saturated heterocycles. The van der Waals surface area contributed by atoms with E-state index in [0.29, 0.717) is 10.9 Å². The second kappa shape index (κ2) is 6.16. The summed E-state index contributed by atoms with van der Waals surface area (Å²) in [4.78, 5) is 4.03. The van der Waals surface area contributed by atoms with E-state index in [-0.39, 0.29) is 5.69 Å². The number of nitrogens with zero attached hydrogens (tertiary/aromatic N) is 5. The molecular formula is C12H11FN6S. The molecule has 0 atom stereocenters. The summed E-state index contributed by atoms with van der Waals surface area (Å²) in [6.07, 6.45) is 5.19. The molecule has 0 amide bonds. The van der Waals surface area contributed by atoms with Crippen LogP contribution in [0.25, 0.3) is 5.69 Å². The Kier molecular flexibility index (Phi) is 4.32. The Labute approximate surface area is 119 Å². The number of rotatable bonds is 2. The number of halogens is 1. The first-order valence-corrected chi connectivity index (χ1v) is 6.83. The molecule has 0 aliphatic carbocycles. The number of aryl methyl sites for hydroxylation is 1. The lowest BCUT2D eigenvalue weighted by molar-refractivity contribution is 0.627. The maximum atomic E-state index is 14.0. The van der Waals surface area contributed by atoms with Gasteiger partial charge in [0.2, 0.25) is 0 Å². The van der Waals surface area contributed by atoms with E-state index >= 15 is 0 Å². The lowest BCUT2D eigenvalue weighted by Crippen LogP contribution is -2.12. The van der Waals surface area contributed by atoms with Crippen LogP contribution in [0.15, 0.2) is 29.4 Å². The number of benzene rings is 1. The topological polar surface area (TPSA) is 78.9 Å². The maximum absolute atomic E-state index is 14.0. The quantitative estimate of drug-likeness (QED) is 0.397. The average molecular weight is 290 g/mol. The molecule has 1 heterocycles. The predicted octanol–water partition coefficient (Wildman–Crippen LogP) is 2.14. The minimum absolute atomic E-state index is 0.151. The van der Waals surface area contributed by atoms with Crippen molar-refractivity contribution in [3.05, 3.63) is 35.9 Å². The van der Waals surface area contributed by atoms with E-state index in [1.165, 1.54) is 28.6 Å².